The summed E-state index contributed by atoms with van der Waals surface area (Å²) in [6, 6.07) is 9.94. The molecule has 7 nitrogen and oxygen atoms in total. The zero-order valence-corrected chi connectivity index (χ0v) is 18.9. The molecule has 1 aromatic carbocycles. The summed E-state index contributed by atoms with van der Waals surface area (Å²) in [7, 11) is 0. The Labute approximate surface area is 201 Å². The first-order valence-corrected chi connectivity index (χ1v) is 11.1. The first-order valence-electron chi connectivity index (χ1n) is 10.7. The van der Waals surface area contributed by atoms with E-state index in [-0.39, 0.29) is 46.0 Å². The number of aromatic nitrogens is 3. The second kappa shape index (κ2) is 8.88. The lowest BCUT2D eigenvalue weighted by molar-refractivity contribution is -0.142. The van der Waals surface area contributed by atoms with Crippen LogP contribution in [0.1, 0.15) is 11.4 Å². The number of furan rings is 1. The summed E-state index contributed by atoms with van der Waals surface area (Å²) in [5.74, 6) is -0.493. The molecule has 0 bridgehead atoms. The third kappa shape index (κ3) is 4.55. The molecule has 12 heteroatoms. The summed E-state index contributed by atoms with van der Waals surface area (Å²) >= 11 is 6.36. The van der Waals surface area contributed by atoms with Gasteiger partial charge < -0.3 is 14.2 Å². The molecule has 182 valence electrons. The van der Waals surface area contributed by atoms with Gasteiger partial charge in [-0.2, -0.15) is 18.3 Å². The Morgan fingerprint density at radius 2 is 1.80 bits per heavy atom. The van der Waals surface area contributed by atoms with Gasteiger partial charge in [0.1, 0.15) is 16.5 Å². The van der Waals surface area contributed by atoms with Gasteiger partial charge in [-0.15, -0.1) is 0 Å². The number of hydrogen-bond acceptors (Lipinski definition) is 5. The van der Waals surface area contributed by atoms with Crippen LogP contribution in [-0.2, 0) is 17.4 Å². The molecule has 3 aromatic heterocycles. The maximum absolute atomic E-state index is 13.8. The van der Waals surface area contributed by atoms with Crippen LogP contribution in [0, 0.1) is 5.82 Å². The van der Waals surface area contributed by atoms with Gasteiger partial charge in [-0.3, -0.25) is 4.79 Å². The first-order chi connectivity index (χ1) is 16.7. The number of amides is 1. The smallest absolute Gasteiger partial charge is 0.433 e. The number of fused-ring (bicyclic) bond motifs is 1. The standard InChI is InChI=1S/C23H18ClF4N5O2/c24-21-17(13-20(34)32-9-7-31(8-10-32)15-5-3-14(25)4-6-15)30-33-19(23(26,27)28)12-16(29-22(21)33)18-2-1-11-35-18/h1-6,11-12H,7-10,13H2. The molecule has 0 radical (unpaired) electrons. The largest absolute Gasteiger partial charge is 0.463 e. The Kier molecular flexibility index (Phi) is 5.87. The molecule has 0 N–H and O–H groups in total. The van der Waals surface area contributed by atoms with E-state index < -0.39 is 11.9 Å². The Morgan fingerprint density at radius 3 is 2.43 bits per heavy atom. The predicted octanol–water partition coefficient (Wildman–Crippen LogP) is 4.69. The highest BCUT2D eigenvalue weighted by Crippen LogP contribution is 2.34. The Balaban J connectivity index is 1.37. The number of carbonyl (C=O) groups is 1. The number of piperazine rings is 1. The van der Waals surface area contributed by atoms with E-state index in [2.05, 4.69) is 10.1 Å². The molecule has 1 fully saturated rings. The molecule has 1 aliphatic heterocycles. The monoisotopic (exact) mass is 507 g/mol. The number of carbonyl (C=O) groups excluding carboxylic acids is 1. The molecule has 0 atom stereocenters. The van der Waals surface area contributed by atoms with E-state index in [1.807, 2.05) is 4.90 Å². The summed E-state index contributed by atoms with van der Waals surface area (Å²) in [6.07, 6.45) is -3.69. The van der Waals surface area contributed by atoms with Gasteiger partial charge >= 0.3 is 6.18 Å². The van der Waals surface area contributed by atoms with Gasteiger partial charge in [0.05, 0.1) is 18.4 Å². The normalized spacial score (nSPS) is 14.7. The summed E-state index contributed by atoms with van der Waals surface area (Å²) in [5, 5.41) is 3.86. The molecule has 35 heavy (non-hydrogen) atoms. The fraction of sp³-hybridized carbons (Fsp3) is 0.261. The molecule has 0 unspecified atom stereocenters. The highest BCUT2D eigenvalue weighted by molar-refractivity contribution is 6.34. The van der Waals surface area contributed by atoms with Gasteiger partial charge in [-0.25, -0.2) is 13.9 Å². The van der Waals surface area contributed by atoms with E-state index in [1.165, 1.54) is 30.5 Å². The van der Waals surface area contributed by atoms with Crippen LogP contribution in [0.3, 0.4) is 0 Å². The Hall–Kier alpha value is -3.60. The Bertz CT molecular complexity index is 1360. The number of hydrogen-bond donors (Lipinski definition) is 0. The quantitative estimate of drug-likeness (QED) is 0.375. The summed E-state index contributed by atoms with van der Waals surface area (Å²) in [5.41, 5.74) is -0.488. The van der Waals surface area contributed by atoms with Crippen LogP contribution in [0.2, 0.25) is 5.02 Å². The number of alkyl halides is 3. The molecule has 0 spiro atoms. The van der Waals surface area contributed by atoms with Crippen LogP contribution in [0.5, 0.6) is 0 Å². The average molecular weight is 508 g/mol. The minimum atomic E-state index is -4.74. The lowest BCUT2D eigenvalue weighted by Gasteiger charge is -2.36. The molecule has 4 aromatic rings. The van der Waals surface area contributed by atoms with Gasteiger partial charge in [0, 0.05) is 31.9 Å². The molecule has 1 amide bonds. The van der Waals surface area contributed by atoms with Crippen molar-refractivity contribution in [1.29, 1.82) is 0 Å². The zero-order valence-electron chi connectivity index (χ0n) is 18.1. The molecular formula is C23H18ClF4N5O2. The molecule has 4 heterocycles. The van der Waals surface area contributed by atoms with Gasteiger partial charge in [0.15, 0.2) is 17.1 Å². The Morgan fingerprint density at radius 1 is 1.09 bits per heavy atom. The van der Waals surface area contributed by atoms with Crippen LogP contribution >= 0.6 is 11.6 Å². The number of nitrogens with zero attached hydrogens (tertiary/aromatic N) is 5. The van der Waals surface area contributed by atoms with Crippen molar-refractivity contribution in [2.45, 2.75) is 12.6 Å². The van der Waals surface area contributed by atoms with Crippen LogP contribution in [-0.4, -0.2) is 51.6 Å². The maximum Gasteiger partial charge on any atom is 0.433 e. The molecule has 1 aliphatic rings. The molecule has 0 aliphatic carbocycles. The van der Waals surface area contributed by atoms with Crippen LogP contribution < -0.4 is 4.90 Å². The van der Waals surface area contributed by atoms with Crippen molar-refractivity contribution in [3.05, 3.63) is 71.0 Å². The fourth-order valence-corrected chi connectivity index (χ4v) is 4.25. The lowest BCUT2D eigenvalue weighted by atomic mass is 10.2. The van der Waals surface area contributed by atoms with Gasteiger partial charge in [0.2, 0.25) is 5.91 Å². The van der Waals surface area contributed by atoms with Crippen molar-refractivity contribution in [3.63, 3.8) is 0 Å². The first kappa shape index (κ1) is 23.2. The fourth-order valence-electron chi connectivity index (χ4n) is 4.02. The van der Waals surface area contributed by atoms with Crippen molar-refractivity contribution in [2.75, 3.05) is 31.1 Å². The second-order valence-electron chi connectivity index (χ2n) is 8.02. The number of anilines is 1. The van der Waals surface area contributed by atoms with Crippen molar-refractivity contribution in [2.24, 2.45) is 0 Å². The van der Waals surface area contributed by atoms with Crippen LogP contribution in [0.4, 0.5) is 23.2 Å². The van der Waals surface area contributed by atoms with E-state index >= 15 is 0 Å². The zero-order chi connectivity index (χ0) is 24.7. The minimum absolute atomic E-state index is 0.00669. The number of rotatable bonds is 4. The topological polar surface area (TPSA) is 66.9 Å². The third-order valence-electron chi connectivity index (χ3n) is 5.81. The van der Waals surface area contributed by atoms with Crippen LogP contribution in [0.25, 0.3) is 17.1 Å². The number of halogens is 5. The second-order valence-corrected chi connectivity index (χ2v) is 8.40. The van der Waals surface area contributed by atoms with Gasteiger partial charge in [0.25, 0.3) is 0 Å². The molecule has 0 saturated carbocycles. The summed E-state index contributed by atoms with van der Waals surface area (Å²) in [6.45, 7) is 1.86. The third-order valence-corrected chi connectivity index (χ3v) is 6.19. The van der Waals surface area contributed by atoms with Crippen molar-refractivity contribution < 1.29 is 26.8 Å². The number of benzene rings is 1. The average Bonchev–Trinajstić information content (AvgIpc) is 3.47. The lowest BCUT2D eigenvalue weighted by Crippen LogP contribution is -2.49. The van der Waals surface area contributed by atoms with Crippen LogP contribution in [0.15, 0.2) is 53.1 Å². The van der Waals surface area contributed by atoms with Crippen molar-refractivity contribution in [1.82, 2.24) is 19.5 Å². The summed E-state index contributed by atoms with van der Waals surface area (Å²) in [4.78, 5) is 20.7. The molecule has 1 saturated heterocycles. The maximum atomic E-state index is 13.8. The van der Waals surface area contributed by atoms with E-state index in [4.69, 9.17) is 16.0 Å². The summed E-state index contributed by atoms with van der Waals surface area (Å²) < 4.78 is 60.3. The van der Waals surface area contributed by atoms with Crippen molar-refractivity contribution >= 4 is 28.8 Å². The SMILES string of the molecule is O=C(Cc1nn2c(C(F)(F)F)cc(-c3ccco3)nc2c1Cl)N1CCN(c2ccc(F)cc2)CC1. The molecule has 5 rings (SSSR count). The van der Waals surface area contributed by atoms with E-state index in [1.54, 1.807) is 17.0 Å². The van der Waals surface area contributed by atoms with E-state index in [0.717, 1.165) is 11.8 Å². The van der Waals surface area contributed by atoms with Gasteiger partial charge in [-0.05, 0) is 42.5 Å². The van der Waals surface area contributed by atoms with E-state index in [9.17, 15) is 22.4 Å². The van der Waals surface area contributed by atoms with Crippen molar-refractivity contribution in [3.8, 4) is 11.5 Å². The van der Waals surface area contributed by atoms with Gasteiger partial charge in [-0.1, -0.05) is 11.6 Å². The highest BCUT2D eigenvalue weighted by atomic mass is 35.5. The minimum Gasteiger partial charge on any atom is -0.463 e. The predicted molar refractivity (Wildman–Crippen MR) is 120 cm³/mol. The van der Waals surface area contributed by atoms with E-state index in [0.29, 0.717) is 30.7 Å². The highest BCUT2D eigenvalue weighted by Gasteiger charge is 2.36. The molecular weight excluding hydrogens is 490 g/mol.